The van der Waals surface area contributed by atoms with Gasteiger partial charge in [-0.05, 0) is 35.7 Å². The van der Waals surface area contributed by atoms with E-state index in [0.29, 0.717) is 0 Å². The van der Waals surface area contributed by atoms with Crippen molar-refractivity contribution in [1.82, 2.24) is 0 Å². The van der Waals surface area contributed by atoms with Crippen molar-refractivity contribution in [3.8, 4) is 5.75 Å². The number of halogens is 1. The van der Waals surface area contributed by atoms with Gasteiger partial charge in [0.1, 0.15) is 5.75 Å². The van der Waals surface area contributed by atoms with Gasteiger partial charge in [0.25, 0.3) is 5.91 Å². The van der Waals surface area contributed by atoms with Crippen LogP contribution in [0.1, 0.15) is 26.3 Å². The highest BCUT2D eigenvalue weighted by atomic mass is 79.9. The second kappa shape index (κ2) is 6.97. The second-order valence-corrected chi connectivity index (χ2v) is 7.01. The molecule has 0 radical (unpaired) electrons. The molecule has 2 rings (SSSR count). The van der Waals surface area contributed by atoms with E-state index in [-0.39, 0.29) is 17.9 Å². The largest absolute Gasteiger partial charge is 0.483 e. The molecule has 1 N–H and O–H groups in total. The molecule has 4 heteroatoms. The van der Waals surface area contributed by atoms with E-state index in [0.717, 1.165) is 21.5 Å². The molecule has 1 amide bonds. The Labute approximate surface area is 139 Å². The molecule has 0 heterocycles. The van der Waals surface area contributed by atoms with Crippen molar-refractivity contribution < 1.29 is 9.53 Å². The minimum absolute atomic E-state index is 0.0143. The Balaban J connectivity index is 2.04. The molecule has 2 aromatic rings. The fourth-order valence-corrected chi connectivity index (χ4v) is 2.44. The lowest BCUT2D eigenvalue weighted by Crippen LogP contribution is -2.22. The highest BCUT2D eigenvalue weighted by Crippen LogP contribution is 2.33. The van der Waals surface area contributed by atoms with Gasteiger partial charge in [0, 0.05) is 15.7 Å². The van der Waals surface area contributed by atoms with Crippen molar-refractivity contribution in [2.24, 2.45) is 0 Å². The topological polar surface area (TPSA) is 38.3 Å². The zero-order valence-electron chi connectivity index (χ0n) is 13.0. The Kier molecular flexibility index (Phi) is 5.24. The summed E-state index contributed by atoms with van der Waals surface area (Å²) in [5.74, 6) is 0.563. The van der Waals surface area contributed by atoms with Gasteiger partial charge in [-0.25, -0.2) is 0 Å². The predicted octanol–water partition coefficient (Wildman–Crippen LogP) is 4.76. The molecule has 0 bridgehead atoms. The number of rotatable bonds is 4. The molecule has 0 saturated heterocycles. The number of amides is 1. The van der Waals surface area contributed by atoms with Crippen molar-refractivity contribution >= 4 is 27.5 Å². The van der Waals surface area contributed by atoms with Gasteiger partial charge < -0.3 is 10.1 Å². The zero-order chi connectivity index (χ0) is 16.2. The number of nitrogens with one attached hydrogen (secondary N) is 1. The van der Waals surface area contributed by atoms with E-state index >= 15 is 0 Å². The lowest BCUT2D eigenvalue weighted by Gasteiger charge is -2.23. The molecule has 0 aliphatic heterocycles. The summed E-state index contributed by atoms with van der Waals surface area (Å²) in [5.41, 5.74) is 1.77. The predicted molar refractivity (Wildman–Crippen MR) is 93.4 cm³/mol. The highest BCUT2D eigenvalue weighted by molar-refractivity contribution is 9.10. The summed E-state index contributed by atoms with van der Waals surface area (Å²) in [6.07, 6.45) is 0. The van der Waals surface area contributed by atoms with E-state index < -0.39 is 0 Å². The SMILES string of the molecule is CC(C)(C)c1cc(Br)ccc1OCC(=O)Nc1ccccc1. The van der Waals surface area contributed by atoms with Crippen LogP contribution in [0.5, 0.6) is 5.75 Å². The summed E-state index contributed by atoms with van der Waals surface area (Å²) in [4.78, 5) is 12.0. The van der Waals surface area contributed by atoms with Gasteiger partial charge >= 0.3 is 0 Å². The van der Waals surface area contributed by atoms with Gasteiger partial charge in [-0.2, -0.15) is 0 Å². The van der Waals surface area contributed by atoms with Crippen LogP contribution < -0.4 is 10.1 Å². The minimum Gasteiger partial charge on any atom is -0.483 e. The summed E-state index contributed by atoms with van der Waals surface area (Å²) >= 11 is 3.48. The first-order valence-corrected chi connectivity index (χ1v) is 7.93. The van der Waals surface area contributed by atoms with Crippen LogP contribution in [-0.4, -0.2) is 12.5 Å². The van der Waals surface area contributed by atoms with Crippen LogP contribution in [0.3, 0.4) is 0 Å². The molecule has 2 aromatic carbocycles. The van der Waals surface area contributed by atoms with Crippen LogP contribution in [0.2, 0.25) is 0 Å². The molecule has 0 saturated carbocycles. The van der Waals surface area contributed by atoms with Gasteiger partial charge in [0.05, 0.1) is 0 Å². The Bertz CT molecular complexity index is 648. The van der Waals surface area contributed by atoms with E-state index in [1.807, 2.05) is 48.5 Å². The van der Waals surface area contributed by atoms with E-state index in [9.17, 15) is 4.79 Å². The van der Waals surface area contributed by atoms with Crippen molar-refractivity contribution in [1.29, 1.82) is 0 Å². The number of ether oxygens (including phenoxy) is 1. The second-order valence-electron chi connectivity index (χ2n) is 6.09. The lowest BCUT2D eigenvalue weighted by atomic mass is 9.86. The van der Waals surface area contributed by atoms with E-state index in [1.165, 1.54) is 0 Å². The molecule has 0 aromatic heterocycles. The Morgan fingerprint density at radius 3 is 2.45 bits per heavy atom. The number of para-hydroxylation sites is 1. The molecule has 0 atom stereocenters. The average molecular weight is 362 g/mol. The number of anilines is 1. The molecule has 0 aliphatic rings. The molecule has 22 heavy (non-hydrogen) atoms. The molecule has 0 aliphatic carbocycles. The number of carbonyl (C=O) groups is 1. The van der Waals surface area contributed by atoms with Crippen LogP contribution in [0, 0.1) is 0 Å². The first-order chi connectivity index (χ1) is 10.4. The fourth-order valence-electron chi connectivity index (χ4n) is 2.08. The van der Waals surface area contributed by atoms with Gasteiger partial charge in [0.15, 0.2) is 6.61 Å². The smallest absolute Gasteiger partial charge is 0.262 e. The van der Waals surface area contributed by atoms with Crippen molar-refractivity contribution in [2.75, 3.05) is 11.9 Å². The van der Waals surface area contributed by atoms with Crippen LogP contribution >= 0.6 is 15.9 Å². The first-order valence-electron chi connectivity index (χ1n) is 7.14. The van der Waals surface area contributed by atoms with Crippen LogP contribution in [0.15, 0.2) is 53.0 Å². The monoisotopic (exact) mass is 361 g/mol. The molecule has 0 fully saturated rings. The maximum atomic E-state index is 12.0. The number of benzene rings is 2. The molecule has 116 valence electrons. The summed E-state index contributed by atoms with van der Waals surface area (Å²) in [7, 11) is 0. The number of hydrogen-bond donors (Lipinski definition) is 1. The quantitative estimate of drug-likeness (QED) is 0.851. The lowest BCUT2D eigenvalue weighted by molar-refractivity contribution is -0.118. The van der Waals surface area contributed by atoms with Gasteiger partial charge in [-0.15, -0.1) is 0 Å². The van der Waals surface area contributed by atoms with E-state index in [4.69, 9.17) is 4.74 Å². The third-order valence-corrected chi connectivity index (χ3v) is 3.66. The normalized spacial score (nSPS) is 11.1. The fraction of sp³-hybridized carbons (Fsp3) is 0.278. The van der Waals surface area contributed by atoms with Gasteiger partial charge in [-0.3, -0.25) is 4.79 Å². The van der Waals surface area contributed by atoms with Crippen LogP contribution in [0.4, 0.5) is 5.69 Å². The van der Waals surface area contributed by atoms with Crippen molar-refractivity contribution in [2.45, 2.75) is 26.2 Å². The van der Waals surface area contributed by atoms with E-state index in [2.05, 4.69) is 42.0 Å². The maximum Gasteiger partial charge on any atom is 0.262 e. The minimum atomic E-state index is -0.172. The first kappa shape index (κ1) is 16.6. The molecule has 0 unspecified atom stereocenters. The Morgan fingerprint density at radius 1 is 1.14 bits per heavy atom. The van der Waals surface area contributed by atoms with Crippen molar-refractivity contribution in [3.63, 3.8) is 0 Å². The standard InChI is InChI=1S/C18H20BrNO2/c1-18(2,3)15-11-13(19)9-10-16(15)22-12-17(21)20-14-7-5-4-6-8-14/h4-11H,12H2,1-3H3,(H,20,21). The van der Waals surface area contributed by atoms with Crippen molar-refractivity contribution in [3.05, 3.63) is 58.6 Å². The Hall–Kier alpha value is -1.81. The summed E-state index contributed by atoms with van der Waals surface area (Å²) in [5, 5.41) is 2.81. The average Bonchev–Trinajstić information content (AvgIpc) is 2.46. The van der Waals surface area contributed by atoms with E-state index in [1.54, 1.807) is 0 Å². The van der Waals surface area contributed by atoms with Gasteiger partial charge in [0.2, 0.25) is 0 Å². The van der Waals surface area contributed by atoms with Crippen LogP contribution in [-0.2, 0) is 10.2 Å². The maximum absolute atomic E-state index is 12.0. The number of carbonyl (C=O) groups excluding carboxylic acids is 1. The van der Waals surface area contributed by atoms with Crippen LogP contribution in [0.25, 0.3) is 0 Å². The zero-order valence-corrected chi connectivity index (χ0v) is 14.6. The third-order valence-electron chi connectivity index (χ3n) is 3.17. The molecule has 3 nitrogen and oxygen atoms in total. The summed E-state index contributed by atoms with van der Waals surface area (Å²) in [6.45, 7) is 6.34. The Morgan fingerprint density at radius 2 is 1.82 bits per heavy atom. The molecular weight excluding hydrogens is 342 g/mol. The summed E-state index contributed by atoms with van der Waals surface area (Å²) in [6, 6.07) is 15.2. The number of hydrogen-bond acceptors (Lipinski definition) is 2. The molecule has 0 spiro atoms. The summed E-state index contributed by atoms with van der Waals surface area (Å²) < 4.78 is 6.72. The highest BCUT2D eigenvalue weighted by Gasteiger charge is 2.20. The molecular formula is C18H20BrNO2. The third kappa shape index (κ3) is 4.60. The van der Waals surface area contributed by atoms with Gasteiger partial charge in [-0.1, -0.05) is 54.9 Å².